The molecule has 1 aliphatic rings. The summed E-state index contributed by atoms with van der Waals surface area (Å²) < 4.78 is 1.29. The second-order valence-electron chi connectivity index (χ2n) is 12.0. The van der Waals surface area contributed by atoms with Crippen LogP contribution in [-0.2, 0) is 0 Å². The maximum absolute atomic E-state index is 2.42. The van der Waals surface area contributed by atoms with Crippen molar-refractivity contribution in [2.75, 3.05) is 4.90 Å². The topological polar surface area (TPSA) is 3.24 Å². The van der Waals surface area contributed by atoms with Gasteiger partial charge < -0.3 is 4.90 Å². The van der Waals surface area contributed by atoms with Gasteiger partial charge in [-0.05, 0) is 46.5 Å². The lowest BCUT2D eigenvalue weighted by Gasteiger charge is -2.36. The average molecular weight is 666 g/mol. The van der Waals surface area contributed by atoms with Gasteiger partial charge in [0.1, 0.15) is 0 Å². The summed E-state index contributed by atoms with van der Waals surface area (Å²) in [5.41, 5.74) is 12.4. The summed E-state index contributed by atoms with van der Waals surface area (Å²) >= 11 is 3.94. The van der Waals surface area contributed by atoms with Gasteiger partial charge in [-0.25, -0.2) is 0 Å². The number of para-hydroxylation sites is 3. The highest BCUT2D eigenvalue weighted by Gasteiger charge is 2.32. The summed E-state index contributed by atoms with van der Waals surface area (Å²) in [6, 6.07) is 72.4. The molecule has 3 heteroatoms. The quantitative estimate of drug-likeness (QED) is 0.151. The van der Waals surface area contributed by atoms with Crippen molar-refractivity contribution in [3.05, 3.63) is 238 Å². The van der Waals surface area contributed by atoms with E-state index in [-0.39, 0.29) is 10.5 Å². The first kappa shape index (κ1) is 31.1. The van der Waals surface area contributed by atoms with Crippen LogP contribution >= 0.6 is 23.5 Å². The van der Waals surface area contributed by atoms with E-state index in [0.29, 0.717) is 0 Å². The lowest BCUT2D eigenvalue weighted by atomic mass is 9.91. The van der Waals surface area contributed by atoms with Crippen molar-refractivity contribution in [2.45, 2.75) is 10.5 Å². The molecule has 1 heterocycles. The van der Waals surface area contributed by atoms with Crippen LogP contribution in [0.4, 0.5) is 17.1 Å². The van der Waals surface area contributed by atoms with E-state index in [1.165, 1.54) is 54.6 Å². The maximum atomic E-state index is 2.42. The van der Waals surface area contributed by atoms with Crippen LogP contribution in [0.15, 0.2) is 204 Å². The predicted molar refractivity (Wildman–Crippen MR) is 212 cm³/mol. The van der Waals surface area contributed by atoms with E-state index in [1.807, 2.05) is 23.5 Å². The zero-order chi connectivity index (χ0) is 32.8. The molecule has 0 atom stereocenters. The third-order valence-corrected chi connectivity index (χ3v) is 11.9. The molecule has 7 aromatic rings. The minimum atomic E-state index is 0.0936. The van der Waals surface area contributed by atoms with Crippen LogP contribution in [0.2, 0.25) is 0 Å². The fraction of sp³-hybridized carbons (Fsp3) is 0.0435. The highest BCUT2D eigenvalue weighted by molar-refractivity contribution is 8.22. The molecule has 0 unspecified atom stereocenters. The first-order valence-corrected chi connectivity index (χ1v) is 18.4. The van der Waals surface area contributed by atoms with Crippen LogP contribution in [0, 0.1) is 0 Å². The van der Waals surface area contributed by atoms with Gasteiger partial charge in [-0.2, -0.15) is 0 Å². The number of benzene rings is 7. The second-order valence-corrected chi connectivity index (χ2v) is 14.5. The van der Waals surface area contributed by atoms with Crippen molar-refractivity contribution in [3.63, 3.8) is 0 Å². The van der Waals surface area contributed by atoms with Gasteiger partial charge in [0.25, 0.3) is 0 Å². The van der Waals surface area contributed by atoms with Crippen LogP contribution in [0.25, 0.3) is 5.57 Å². The molecule has 0 saturated heterocycles. The highest BCUT2D eigenvalue weighted by Crippen LogP contribution is 2.58. The van der Waals surface area contributed by atoms with E-state index in [2.05, 4.69) is 205 Å². The van der Waals surface area contributed by atoms with Gasteiger partial charge >= 0.3 is 0 Å². The van der Waals surface area contributed by atoms with Crippen LogP contribution < -0.4 is 4.90 Å². The van der Waals surface area contributed by atoms with Crippen molar-refractivity contribution < 1.29 is 0 Å². The molecule has 7 aromatic carbocycles. The molecule has 0 bridgehead atoms. The summed E-state index contributed by atoms with van der Waals surface area (Å²) in [6.07, 6.45) is 0. The Labute approximate surface area is 298 Å². The Morgan fingerprint density at radius 3 is 1.02 bits per heavy atom. The lowest BCUT2D eigenvalue weighted by Crippen LogP contribution is -2.18. The molecular weight excluding hydrogens is 631 g/mol. The van der Waals surface area contributed by atoms with Gasteiger partial charge in [-0.1, -0.05) is 176 Å². The van der Waals surface area contributed by atoms with Crippen molar-refractivity contribution in [1.82, 2.24) is 0 Å². The second kappa shape index (κ2) is 14.5. The van der Waals surface area contributed by atoms with Crippen LogP contribution in [0.3, 0.4) is 0 Å². The summed E-state index contributed by atoms with van der Waals surface area (Å²) in [7, 11) is 0. The molecule has 0 aliphatic carbocycles. The standard InChI is InChI=1S/C46H35NS2/c1-6-20-34(21-7-1)44(35-22-8-2-9-23-35)48-46(49-45(36-24-10-3-11-25-36)37-26-12-4-13-27-37)43-39-30-16-18-32-41(39)47(38-28-14-5-15-29-38)42-33-19-17-31-40(42)43/h1-33,44-45H. The Kier molecular flexibility index (Phi) is 9.19. The Balaban J connectivity index is 1.39. The van der Waals surface area contributed by atoms with E-state index in [0.717, 1.165) is 5.69 Å². The normalized spacial score (nSPS) is 12.1. The average Bonchev–Trinajstić information content (AvgIpc) is 3.19. The zero-order valence-corrected chi connectivity index (χ0v) is 28.6. The molecule has 0 N–H and O–H groups in total. The number of fused-ring (bicyclic) bond motifs is 2. The van der Waals surface area contributed by atoms with Gasteiger partial charge in [0.15, 0.2) is 0 Å². The molecule has 0 spiro atoms. The largest absolute Gasteiger partial charge is 0.309 e. The smallest absolute Gasteiger partial charge is 0.0599 e. The Hall–Kier alpha value is -5.22. The van der Waals surface area contributed by atoms with E-state index < -0.39 is 0 Å². The monoisotopic (exact) mass is 665 g/mol. The molecule has 0 saturated carbocycles. The number of hydrogen-bond acceptors (Lipinski definition) is 3. The number of anilines is 3. The molecule has 1 nitrogen and oxygen atoms in total. The number of thioether (sulfide) groups is 2. The maximum Gasteiger partial charge on any atom is 0.0599 e. The first-order valence-electron chi connectivity index (χ1n) is 16.7. The predicted octanol–water partition coefficient (Wildman–Crippen LogP) is 13.2. The molecule has 1 aliphatic heterocycles. The van der Waals surface area contributed by atoms with Crippen LogP contribution in [0.1, 0.15) is 43.9 Å². The van der Waals surface area contributed by atoms with Gasteiger partial charge in [0.05, 0.1) is 26.1 Å². The van der Waals surface area contributed by atoms with Crippen molar-refractivity contribution in [2.24, 2.45) is 0 Å². The van der Waals surface area contributed by atoms with Gasteiger partial charge in [-0.15, -0.1) is 23.5 Å². The number of nitrogens with zero attached hydrogens (tertiary/aromatic N) is 1. The van der Waals surface area contributed by atoms with Crippen LogP contribution in [-0.4, -0.2) is 0 Å². The number of hydrogen-bond donors (Lipinski definition) is 0. The van der Waals surface area contributed by atoms with Gasteiger partial charge in [-0.3, -0.25) is 0 Å². The van der Waals surface area contributed by atoms with Crippen molar-refractivity contribution in [1.29, 1.82) is 0 Å². The zero-order valence-electron chi connectivity index (χ0n) is 27.0. The molecule has 236 valence electrons. The van der Waals surface area contributed by atoms with E-state index >= 15 is 0 Å². The van der Waals surface area contributed by atoms with Gasteiger partial charge in [0, 0.05) is 22.4 Å². The fourth-order valence-electron chi connectivity index (χ4n) is 6.64. The summed E-state index contributed by atoms with van der Waals surface area (Å²) in [5.74, 6) is 0. The van der Waals surface area contributed by atoms with E-state index in [9.17, 15) is 0 Å². The Morgan fingerprint density at radius 2 is 0.653 bits per heavy atom. The molecule has 0 fully saturated rings. The summed E-state index contributed by atoms with van der Waals surface area (Å²) in [5, 5.41) is 0.187. The Bertz CT molecular complexity index is 1950. The minimum Gasteiger partial charge on any atom is -0.309 e. The lowest BCUT2D eigenvalue weighted by molar-refractivity contribution is 1.15. The SMILES string of the molecule is c1ccc(C(SC(SC(c2ccccc2)c2ccccc2)=C2c3ccccc3N(c3ccccc3)c3ccccc32)c2ccccc2)cc1. The summed E-state index contributed by atoms with van der Waals surface area (Å²) in [4.78, 5) is 2.42. The molecule has 0 amide bonds. The minimum absolute atomic E-state index is 0.0936. The highest BCUT2D eigenvalue weighted by atomic mass is 32.2. The fourth-order valence-corrected chi connectivity index (χ4v) is 9.71. The third-order valence-electron chi connectivity index (χ3n) is 8.91. The third kappa shape index (κ3) is 6.48. The van der Waals surface area contributed by atoms with E-state index in [4.69, 9.17) is 0 Å². The number of rotatable bonds is 9. The van der Waals surface area contributed by atoms with Crippen LogP contribution in [0.5, 0.6) is 0 Å². The molecule has 8 rings (SSSR count). The molecule has 0 radical (unpaired) electrons. The first-order chi connectivity index (χ1) is 24.3. The molecule has 0 aromatic heterocycles. The van der Waals surface area contributed by atoms with Gasteiger partial charge in [0.2, 0.25) is 0 Å². The van der Waals surface area contributed by atoms with E-state index in [1.54, 1.807) is 0 Å². The molecular formula is C46H35NS2. The Morgan fingerprint density at radius 1 is 0.347 bits per heavy atom. The summed E-state index contributed by atoms with van der Waals surface area (Å²) in [6.45, 7) is 0. The van der Waals surface area contributed by atoms with Crippen molar-refractivity contribution >= 4 is 46.2 Å². The van der Waals surface area contributed by atoms with Crippen molar-refractivity contribution in [3.8, 4) is 0 Å². The molecule has 49 heavy (non-hydrogen) atoms.